The molecule has 1 saturated heterocycles. The Kier molecular flexibility index (Phi) is 2.35. The second kappa shape index (κ2) is 3.13. The Morgan fingerprint density at radius 1 is 1.58 bits per heavy atom. The van der Waals surface area contributed by atoms with Crippen molar-refractivity contribution in [2.45, 2.75) is 38.8 Å². The zero-order valence-electron chi connectivity index (χ0n) is 7.37. The summed E-state index contributed by atoms with van der Waals surface area (Å²) >= 11 is 0. The number of nitrogens with zero attached hydrogens (tertiary/aromatic N) is 1. The number of hydrogen-bond donors (Lipinski definition) is 2. The molecule has 1 aliphatic rings. The van der Waals surface area contributed by atoms with Crippen molar-refractivity contribution in [3.05, 3.63) is 0 Å². The van der Waals surface area contributed by atoms with Gasteiger partial charge < -0.3 is 10.0 Å². The lowest BCUT2D eigenvalue weighted by molar-refractivity contribution is -0.141. The Labute approximate surface area is 71.7 Å². The summed E-state index contributed by atoms with van der Waals surface area (Å²) in [6, 6.07) is -0.277. The number of carboxylic acids is 1. The van der Waals surface area contributed by atoms with Crippen LogP contribution in [0.5, 0.6) is 0 Å². The summed E-state index contributed by atoms with van der Waals surface area (Å²) in [7, 11) is 0. The molecule has 0 spiro atoms. The smallest absolute Gasteiger partial charge is 0.326 e. The molecule has 2 N–H and O–H groups in total. The van der Waals surface area contributed by atoms with Crippen molar-refractivity contribution in [2.75, 3.05) is 0 Å². The summed E-state index contributed by atoms with van der Waals surface area (Å²) in [6.45, 7) is 3.60. The van der Waals surface area contributed by atoms with Crippen molar-refractivity contribution in [2.24, 2.45) is 0 Å². The Morgan fingerprint density at radius 2 is 2.17 bits per heavy atom. The van der Waals surface area contributed by atoms with Gasteiger partial charge in [-0.15, -0.1) is 0 Å². The van der Waals surface area contributed by atoms with Crippen molar-refractivity contribution >= 4 is 11.8 Å². The van der Waals surface area contributed by atoms with E-state index in [9.17, 15) is 4.79 Å². The van der Waals surface area contributed by atoms with E-state index < -0.39 is 12.0 Å². The van der Waals surface area contributed by atoms with Crippen LogP contribution in [0, 0.1) is 5.41 Å². The summed E-state index contributed by atoms with van der Waals surface area (Å²) in [4.78, 5) is 12.4. The van der Waals surface area contributed by atoms with Crippen LogP contribution in [0.4, 0.5) is 0 Å². The van der Waals surface area contributed by atoms with Crippen LogP contribution in [0.3, 0.4) is 0 Å². The zero-order valence-corrected chi connectivity index (χ0v) is 7.37. The van der Waals surface area contributed by atoms with Gasteiger partial charge in [0.25, 0.3) is 0 Å². The Hall–Kier alpha value is -1.06. The standard InChI is InChI=1S/C8H14N2O2/c1-5-3-4-7(8(11)12)10(5)6(2)9/h5,7,9H,3-4H2,1-2H3,(H,11,12). The van der Waals surface area contributed by atoms with Gasteiger partial charge in [-0.1, -0.05) is 0 Å². The Balaban J connectivity index is 2.77. The predicted octanol–water partition coefficient (Wildman–Crippen LogP) is 0.921. The lowest BCUT2D eigenvalue weighted by Crippen LogP contribution is -2.42. The number of nitrogens with one attached hydrogen (secondary N) is 1. The minimum Gasteiger partial charge on any atom is -0.480 e. The lowest BCUT2D eigenvalue weighted by Gasteiger charge is -2.26. The highest BCUT2D eigenvalue weighted by Gasteiger charge is 2.35. The fourth-order valence-electron chi connectivity index (χ4n) is 1.79. The van der Waals surface area contributed by atoms with E-state index in [1.165, 1.54) is 0 Å². The van der Waals surface area contributed by atoms with Gasteiger partial charge in [0.15, 0.2) is 0 Å². The lowest BCUT2D eigenvalue weighted by atomic mass is 10.2. The van der Waals surface area contributed by atoms with Gasteiger partial charge in [-0.2, -0.15) is 0 Å². The summed E-state index contributed by atoms with van der Waals surface area (Å²) in [5.41, 5.74) is 0. The first-order valence-electron chi connectivity index (χ1n) is 4.10. The van der Waals surface area contributed by atoms with E-state index in [-0.39, 0.29) is 6.04 Å². The molecule has 0 aromatic carbocycles. The van der Waals surface area contributed by atoms with E-state index in [2.05, 4.69) is 0 Å². The zero-order chi connectivity index (χ0) is 9.30. The van der Waals surface area contributed by atoms with Gasteiger partial charge in [0.2, 0.25) is 0 Å². The molecule has 1 rings (SSSR count). The fourth-order valence-corrected chi connectivity index (χ4v) is 1.79. The van der Waals surface area contributed by atoms with Gasteiger partial charge >= 0.3 is 5.97 Å². The van der Waals surface area contributed by atoms with Gasteiger partial charge in [-0.05, 0) is 26.7 Å². The summed E-state index contributed by atoms with van der Waals surface area (Å²) in [5, 5.41) is 16.2. The highest BCUT2D eigenvalue weighted by molar-refractivity contribution is 5.84. The monoisotopic (exact) mass is 170 g/mol. The fraction of sp³-hybridized carbons (Fsp3) is 0.750. The molecule has 4 heteroatoms. The molecular weight excluding hydrogens is 156 g/mol. The summed E-state index contributed by atoms with van der Waals surface area (Å²) in [5.74, 6) is -0.460. The largest absolute Gasteiger partial charge is 0.480 e. The Morgan fingerprint density at radius 3 is 2.50 bits per heavy atom. The van der Waals surface area contributed by atoms with Gasteiger partial charge in [0.1, 0.15) is 6.04 Å². The maximum absolute atomic E-state index is 10.7. The Bertz CT molecular complexity index is 215. The van der Waals surface area contributed by atoms with E-state index in [0.717, 1.165) is 6.42 Å². The number of aliphatic carboxylic acids is 1. The molecule has 2 atom stereocenters. The van der Waals surface area contributed by atoms with Crippen LogP contribution in [-0.2, 0) is 4.79 Å². The highest BCUT2D eigenvalue weighted by atomic mass is 16.4. The molecule has 0 aromatic rings. The number of carboxylic acid groups (broad SMARTS) is 1. The second-order valence-electron chi connectivity index (χ2n) is 3.27. The SMILES string of the molecule is CC(=N)N1C(C)CCC1C(=O)O. The minimum atomic E-state index is -0.814. The van der Waals surface area contributed by atoms with Crippen molar-refractivity contribution in [1.29, 1.82) is 5.41 Å². The number of likely N-dealkylation sites (tertiary alicyclic amines) is 1. The predicted molar refractivity (Wildman–Crippen MR) is 45.4 cm³/mol. The molecule has 1 aliphatic heterocycles. The van der Waals surface area contributed by atoms with E-state index in [4.69, 9.17) is 10.5 Å². The average Bonchev–Trinajstić information content (AvgIpc) is 2.30. The van der Waals surface area contributed by atoms with E-state index >= 15 is 0 Å². The van der Waals surface area contributed by atoms with Gasteiger partial charge in [-0.25, -0.2) is 4.79 Å². The quantitative estimate of drug-likeness (QED) is 0.454. The molecule has 0 aromatic heterocycles. The molecule has 12 heavy (non-hydrogen) atoms. The van der Waals surface area contributed by atoms with E-state index in [1.807, 2.05) is 6.92 Å². The van der Waals surface area contributed by atoms with Gasteiger partial charge in [-0.3, -0.25) is 5.41 Å². The normalized spacial score (nSPS) is 29.0. The first-order valence-corrected chi connectivity index (χ1v) is 4.10. The number of rotatable bonds is 1. The first-order chi connectivity index (χ1) is 5.54. The van der Waals surface area contributed by atoms with Crippen molar-refractivity contribution in [3.8, 4) is 0 Å². The van der Waals surface area contributed by atoms with Crippen molar-refractivity contribution < 1.29 is 9.90 Å². The molecule has 2 unspecified atom stereocenters. The molecule has 4 nitrogen and oxygen atoms in total. The molecule has 0 bridgehead atoms. The van der Waals surface area contributed by atoms with Crippen LogP contribution < -0.4 is 0 Å². The van der Waals surface area contributed by atoms with Crippen molar-refractivity contribution in [1.82, 2.24) is 4.90 Å². The third-order valence-corrected chi connectivity index (χ3v) is 2.34. The minimum absolute atomic E-state index is 0.198. The maximum Gasteiger partial charge on any atom is 0.326 e. The number of carbonyl (C=O) groups is 1. The third kappa shape index (κ3) is 1.42. The molecule has 0 amide bonds. The number of amidine groups is 1. The third-order valence-electron chi connectivity index (χ3n) is 2.34. The molecular formula is C8H14N2O2. The van der Waals surface area contributed by atoms with Gasteiger partial charge in [0.05, 0.1) is 5.84 Å². The first kappa shape index (κ1) is 9.03. The summed E-state index contributed by atoms with van der Waals surface area (Å²) < 4.78 is 0. The average molecular weight is 170 g/mol. The molecule has 0 radical (unpaired) electrons. The van der Waals surface area contributed by atoms with E-state index in [1.54, 1.807) is 11.8 Å². The molecule has 0 saturated carbocycles. The summed E-state index contributed by atoms with van der Waals surface area (Å²) in [6.07, 6.45) is 1.53. The van der Waals surface area contributed by atoms with Crippen LogP contribution in [0.2, 0.25) is 0 Å². The molecule has 1 fully saturated rings. The van der Waals surface area contributed by atoms with Crippen LogP contribution in [-0.4, -0.2) is 33.9 Å². The van der Waals surface area contributed by atoms with Crippen LogP contribution in [0.15, 0.2) is 0 Å². The van der Waals surface area contributed by atoms with E-state index in [0.29, 0.717) is 12.3 Å². The molecule has 68 valence electrons. The topological polar surface area (TPSA) is 64.4 Å². The number of hydrogen-bond acceptors (Lipinski definition) is 2. The molecule has 1 heterocycles. The van der Waals surface area contributed by atoms with Crippen LogP contribution in [0.25, 0.3) is 0 Å². The van der Waals surface area contributed by atoms with Crippen molar-refractivity contribution in [3.63, 3.8) is 0 Å². The second-order valence-corrected chi connectivity index (χ2v) is 3.27. The van der Waals surface area contributed by atoms with Crippen LogP contribution >= 0.6 is 0 Å². The van der Waals surface area contributed by atoms with Crippen LogP contribution in [0.1, 0.15) is 26.7 Å². The maximum atomic E-state index is 10.7. The van der Waals surface area contributed by atoms with Gasteiger partial charge in [0, 0.05) is 6.04 Å². The highest BCUT2D eigenvalue weighted by Crippen LogP contribution is 2.23. The molecule has 0 aliphatic carbocycles.